The molecule has 33 heavy (non-hydrogen) atoms. The van der Waals surface area contributed by atoms with Crippen LogP contribution in [0.15, 0.2) is 54.6 Å². The van der Waals surface area contributed by atoms with E-state index in [9.17, 15) is 23.6 Å². The molecule has 0 bridgehead atoms. The molecule has 0 saturated carbocycles. The van der Waals surface area contributed by atoms with Gasteiger partial charge in [-0.05, 0) is 36.4 Å². The molecule has 2 fully saturated rings. The van der Waals surface area contributed by atoms with Crippen molar-refractivity contribution in [3.05, 3.63) is 60.4 Å². The first-order chi connectivity index (χ1) is 15.9. The summed E-state index contributed by atoms with van der Waals surface area (Å²) in [4.78, 5) is 45.8. The number of thioether (sulfide) groups is 2. The average Bonchev–Trinajstić information content (AvgIpc) is 3.30. The number of para-hydroxylation sites is 1. The van der Waals surface area contributed by atoms with E-state index in [1.807, 2.05) is 30.3 Å². The zero-order chi connectivity index (χ0) is 23.6. The van der Waals surface area contributed by atoms with E-state index in [0.29, 0.717) is 31.9 Å². The molecular weight excluding hydrogens is 471 g/mol. The van der Waals surface area contributed by atoms with Crippen LogP contribution in [0.1, 0.15) is 6.42 Å². The van der Waals surface area contributed by atoms with Gasteiger partial charge in [-0.15, -0.1) is 0 Å². The van der Waals surface area contributed by atoms with E-state index < -0.39 is 0 Å². The van der Waals surface area contributed by atoms with Gasteiger partial charge in [-0.25, -0.2) is 4.39 Å². The minimum absolute atomic E-state index is 0.133. The maximum atomic E-state index is 12.6. The lowest BCUT2D eigenvalue weighted by Crippen LogP contribution is -2.32. The van der Waals surface area contributed by atoms with Gasteiger partial charge in [0, 0.05) is 6.42 Å². The molecule has 2 heterocycles. The van der Waals surface area contributed by atoms with Gasteiger partial charge in [-0.1, -0.05) is 41.7 Å². The van der Waals surface area contributed by atoms with Gasteiger partial charge >= 0.3 is 0 Å². The number of benzene rings is 2. The van der Waals surface area contributed by atoms with Crippen LogP contribution < -0.4 is 14.8 Å². The molecule has 1 atom stereocenters. The fraction of sp³-hybridized carbons (Fsp3) is 0.273. The second-order valence-corrected chi connectivity index (χ2v) is 8.84. The van der Waals surface area contributed by atoms with Gasteiger partial charge in [-0.2, -0.15) is 0 Å². The van der Waals surface area contributed by atoms with E-state index in [-0.39, 0.29) is 39.1 Å². The van der Waals surface area contributed by atoms with Crippen molar-refractivity contribution >= 4 is 45.8 Å². The Hall–Kier alpha value is -3.05. The van der Waals surface area contributed by atoms with Crippen LogP contribution in [-0.2, 0) is 9.59 Å². The molecule has 2 saturated heterocycles. The largest absolute Gasteiger partial charge is 0.494 e. The Labute approximate surface area is 198 Å². The highest BCUT2D eigenvalue weighted by Gasteiger charge is 2.31. The van der Waals surface area contributed by atoms with E-state index >= 15 is 0 Å². The van der Waals surface area contributed by atoms with Crippen LogP contribution in [0.4, 0.5) is 14.0 Å². The number of hydrogen-bond acceptors (Lipinski definition) is 8. The lowest BCUT2D eigenvalue weighted by atomic mass is 10.3. The maximum absolute atomic E-state index is 12.6. The molecule has 0 aromatic heterocycles. The Morgan fingerprint density at radius 1 is 0.939 bits per heavy atom. The predicted octanol–water partition coefficient (Wildman–Crippen LogP) is 3.71. The van der Waals surface area contributed by atoms with Crippen LogP contribution in [0, 0.1) is 5.82 Å². The fourth-order valence-electron chi connectivity index (χ4n) is 2.77. The SMILES string of the molecule is O=C1CSC(=O)N1CCOc1ccccc1.O=C1NC(=O)C(CCOc2ccc(F)cc2)S1. The van der Waals surface area contributed by atoms with Crippen LogP contribution in [0.2, 0.25) is 0 Å². The molecule has 2 aliphatic rings. The van der Waals surface area contributed by atoms with E-state index in [0.717, 1.165) is 29.3 Å². The molecule has 0 aliphatic carbocycles. The monoisotopic (exact) mass is 492 g/mol. The summed E-state index contributed by atoms with van der Waals surface area (Å²) in [5.74, 6) is 0.808. The molecule has 8 nitrogen and oxygen atoms in total. The summed E-state index contributed by atoms with van der Waals surface area (Å²) in [5, 5.41) is 1.32. The maximum Gasteiger partial charge on any atom is 0.288 e. The predicted molar refractivity (Wildman–Crippen MR) is 123 cm³/mol. The van der Waals surface area contributed by atoms with Crippen LogP contribution in [0.5, 0.6) is 11.5 Å². The zero-order valence-electron chi connectivity index (χ0n) is 17.4. The molecular formula is C22H21FN2O6S2. The van der Waals surface area contributed by atoms with Crippen molar-refractivity contribution in [1.82, 2.24) is 10.2 Å². The summed E-state index contributed by atoms with van der Waals surface area (Å²) in [7, 11) is 0. The first-order valence-electron chi connectivity index (χ1n) is 9.97. The normalized spacial score (nSPS) is 17.5. The first kappa shape index (κ1) is 24.6. The van der Waals surface area contributed by atoms with E-state index in [1.165, 1.54) is 29.2 Å². The molecule has 1 N–H and O–H groups in total. The van der Waals surface area contributed by atoms with Gasteiger partial charge < -0.3 is 9.47 Å². The molecule has 0 radical (unpaired) electrons. The number of hydrogen-bond donors (Lipinski definition) is 1. The fourth-order valence-corrected chi connectivity index (χ4v) is 4.32. The number of carbonyl (C=O) groups excluding carboxylic acids is 4. The average molecular weight is 493 g/mol. The Morgan fingerprint density at radius 3 is 2.21 bits per heavy atom. The molecule has 1 unspecified atom stereocenters. The number of carbonyl (C=O) groups is 4. The molecule has 174 valence electrons. The number of rotatable bonds is 8. The minimum atomic E-state index is -0.386. The third-order valence-corrected chi connectivity index (χ3v) is 6.31. The lowest BCUT2D eigenvalue weighted by Gasteiger charge is -2.13. The minimum Gasteiger partial charge on any atom is -0.494 e. The standard InChI is InChI=1S/C11H10FNO3S.C11H11NO3S/c12-7-1-3-8(4-2-7)16-6-5-9-10(14)13-11(15)17-9;13-10-8-16-11(14)12(10)6-7-15-9-4-2-1-3-5-9/h1-4,9H,5-6H2,(H,13,14,15);1-5H,6-8H2. The van der Waals surface area contributed by atoms with Crippen LogP contribution in [-0.4, -0.2) is 58.0 Å². The third kappa shape index (κ3) is 7.79. The van der Waals surface area contributed by atoms with Crippen molar-refractivity contribution in [2.24, 2.45) is 0 Å². The second-order valence-electron chi connectivity index (χ2n) is 6.74. The van der Waals surface area contributed by atoms with Crippen LogP contribution in [0.25, 0.3) is 0 Å². The number of nitrogens with one attached hydrogen (secondary N) is 1. The quantitative estimate of drug-likeness (QED) is 0.595. The zero-order valence-corrected chi connectivity index (χ0v) is 19.0. The molecule has 4 rings (SSSR count). The smallest absolute Gasteiger partial charge is 0.288 e. The molecule has 0 spiro atoms. The van der Waals surface area contributed by atoms with Gasteiger partial charge in [0.25, 0.3) is 10.5 Å². The van der Waals surface area contributed by atoms with Crippen molar-refractivity contribution in [3.63, 3.8) is 0 Å². The highest BCUT2D eigenvalue weighted by molar-refractivity contribution is 8.15. The van der Waals surface area contributed by atoms with E-state index in [2.05, 4.69) is 5.32 Å². The van der Waals surface area contributed by atoms with Crippen LogP contribution >= 0.6 is 23.5 Å². The van der Waals surface area contributed by atoms with Crippen molar-refractivity contribution in [2.45, 2.75) is 11.7 Å². The molecule has 11 heteroatoms. The summed E-state index contributed by atoms with van der Waals surface area (Å²) < 4.78 is 23.3. The highest BCUT2D eigenvalue weighted by atomic mass is 32.2. The topological polar surface area (TPSA) is 102 Å². The summed E-state index contributed by atoms with van der Waals surface area (Å²) in [6.07, 6.45) is 0.444. The van der Waals surface area contributed by atoms with Gasteiger partial charge in [0.2, 0.25) is 11.8 Å². The van der Waals surface area contributed by atoms with Gasteiger partial charge in [0.05, 0.1) is 24.2 Å². The summed E-state index contributed by atoms with van der Waals surface area (Å²) >= 11 is 2.01. The number of nitrogens with zero attached hydrogens (tertiary/aromatic N) is 1. The Morgan fingerprint density at radius 2 is 1.61 bits per heavy atom. The number of amides is 4. The third-order valence-electron chi connectivity index (χ3n) is 4.40. The Bertz CT molecular complexity index is 974. The van der Waals surface area contributed by atoms with E-state index in [4.69, 9.17) is 9.47 Å². The highest BCUT2D eigenvalue weighted by Crippen LogP contribution is 2.22. The van der Waals surface area contributed by atoms with Crippen molar-refractivity contribution in [3.8, 4) is 11.5 Å². The Balaban J connectivity index is 0.000000186. The number of imide groups is 2. The molecule has 2 aliphatic heterocycles. The van der Waals surface area contributed by atoms with Gasteiger partial charge in [-0.3, -0.25) is 29.4 Å². The summed E-state index contributed by atoms with van der Waals surface area (Å²) in [5.41, 5.74) is 0. The second kappa shape index (κ2) is 12.3. The lowest BCUT2D eigenvalue weighted by molar-refractivity contribution is -0.124. The summed E-state index contributed by atoms with van der Waals surface area (Å²) in [6.45, 7) is 0.964. The van der Waals surface area contributed by atoms with Crippen molar-refractivity contribution in [2.75, 3.05) is 25.5 Å². The van der Waals surface area contributed by atoms with Crippen molar-refractivity contribution in [1.29, 1.82) is 0 Å². The Kier molecular flexibility index (Phi) is 9.14. The van der Waals surface area contributed by atoms with Gasteiger partial charge in [0.1, 0.15) is 23.9 Å². The first-order valence-corrected chi connectivity index (χ1v) is 11.8. The van der Waals surface area contributed by atoms with Crippen molar-refractivity contribution < 1.29 is 33.0 Å². The number of halogens is 1. The van der Waals surface area contributed by atoms with E-state index in [1.54, 1.807) is 0 Å². The molecule has 4 amide bonds. The van der Waals surface area contributed by atoms with Gasteiger partial charge in [0.15, 0.2) is 0 Å². The molecule has 2 aromatic carbocycles. The number of ether oxygens (including phenoxy) is 2. The summed E-state index contributed by atoms with van der Waals surface area (Å²) in [6, 6.07) is 15.0. The molecule has 2 aromatic rings. The van der Waals surface area contributed by atoms with Crippen LogP contribution in [0.3, 0.4) is 0 Å².